The highest BCUT2D eigenvalue weighted by molar-refractivity contribution is 6.61. The first-order valence-corrected chi connectivity index (χ1v) is 6.81. The predicted molar refractivity (Wildman–Crippen MR) is 80.7 cm³/mol. The van der Waals surface area contributed by atoms with Crippen LogP contribution in [0.2, 0.25) is 0 Å². The second-order valence-corrected chi connectivity index (χ2v) is 5.00. The number of rotatable bonds is 3. The smallest absolute Gasteiger partial charge is 0.403 e. The zero-order valence-electron chi connectivity index (χ0n) is 10.8. The molecule has 2 nitrogen and oxygen atoms in total. The number of carbonyl (C=O) groups is 1. The summed E-state index contributed by atoms with van der Waals surface area (Å²) in [5.41, 5.74) is 3.87. The van der Waals surface area contributed by atoms with Crippen molar-refractivity contribution in [2.75, 3.05) is 6.61 Å². The molecule has 0 saturated heterocycles. The third-order valence-electron chi connectivity index (χ3n) is 3.53. The Kier molecular flexibility index (Phi) is 3.57. The molecule has 0 spiro atoms. The highest BCUT2D eigenvalue weighted by Gasteiger charge is 2.26. The number of carbonyl (C=O) groups excluding carboxylic acids is 1. The van der Waals surface area contributed by atoms with Gasteiger partial charge >= 0.3 is 5.43 Å². The van der Waals surface area contributed by atoms with Gasteiger partial charge in [-0.3, -0.25) is 0 Å². The van der Waals surface area contributed by atoms with Crippen LogP contribution in [0.1, 0.15) is 22.6 Å². The highest BCUT2D eigenvalue weighted by atomic mass is 35.5. The minimum atomic E-state index is -0.762. The van der Waals surface area contributed by atoms with Crippen molar-refractivity contribution in [2.24, 2.45) is 0 Å². The van der Waals surface area contributed by atoms with E-state index in [4.69, 9.17) is 16.3 Å². The van der Waals surface area contributed by atoms with E-state index in [1.54, 1.807) is 0 Å². The summed E-state index contributed by atoms with van der Waals surface area (Å²) >= 11 is 5.30. The summed E-state index contributed by atoms with van der Waals surface area (Å²) in [6.45, 7) is 0.264. The average Bonchev–Trinajstić information content (AvgIpc) is 2.84. The Hall–Kier alpha value is -2.06. The maximum absolute atomic E-state index is 10.9. The summed E-state index contributed by atoms with van der Waals surface area (Å²) in [6.07, 6.45) is 2.15. The van der Waals surface area contributed by atoms with Gasteiger partial charge in [-0.2, -0.15) is 0 Å². The van der Waals surface area contributed by atoms with Gasteiger partial charge in [-0.25, -0.2) is 4.79 Å². The summed E-state index contributed by atoms with van der Waals surface area (Å²) in [7, 11) is 0. The summed E-state index contributed by atoms with van der Waals surface area (Å²) < 4.78 is 5.02. The summed E-state index contributed by atoms with van der Waals surface area (Å²) in [4.78, 5) is 10.9. The van der Waals surface area contributed by atoms with Crippen LogP contribution in [0.15, 0.2) is 54.6 Å². The van der Waals surface area contributed by atoms with E-state index in [9.17, 15) is 4.79 Å². The molecule has 1 aliphatic rings. The van der Waals surface area contributed by atoms with E-state index in [-0.39, 0.29) is 12.5 Å². The molecule has 0 bridgehead atoms. The summed E-state index contributed by atoms with van der Waals surface area (Å²) in [5, 5.41) is 0. The van der Waals surface area contributed by atoms with Gasteiger partial charge in [-0.1, -0.05) is 60.7 Å². The Morgan fingerprint density at radius 1 is 1.05 bits per heavy atom. The van der Waals surface area contributed by atoms with Gasteiger partial charge in [0.25, 0.3) is 0 Å². The van der Waals surface area contributed by atoms with E-state index in [0.717, 1.165) is 11.1 Å². The Morgan fingerprint density at radius 3 is 2.50 bits per heavy atom. The second kappa shape index (κ2) is 5.51. The van der Waals surface area contributed by atoms with E-state index < -0.39 is 5.43 Å². The molecule has 1 atom stereocenters. The van der Waals surface area contributed by atoms with Crippen LogP contribution in [0.3, 0.4) is 0 Å². The number of halogens is 1. The lowest BCUT2D eigenvalue weighted by molar-refractivity contribution is 0.171. The summed E-state index contributed by atoms with van der Waals surface area (Å²) in [6, 6.07) is 18.3. The van der Waals surface area contributed by atoms with Crippen LogP contribution in [0.25, 0.3) is 11.6 Å². The second-order valence-electron chi connectivity index (χ2n) is 4.70. The third kappa shape index (κ3) is 2.47. The fourth-order valence-electron chi connectivity index (χ4n) is 2.64. The maximum atomic E-state index is 10.9. The number of ether oxygens (including phenoxy) is 1. The fraction of sp³-hybridized carbons (Fsp3) is 0.118. The SMILES string of the molecule is O=C(Cl)OCC1C(c2ccccc2)=Cc2ccccc21. The lowest BCUT2D eigenvalue weighted by atomic mass is 9.92. The monoisotopic (exact) mass is 284 g/mol. The molecule has 0 fully saturated rings. The molecule has 0 radical (unpaired) electrons. The van der Waals surface area contributed by atoms with Gasteiger partial charge in [-0.05, 0) is 22.3 Å². The maximum Gasteiger partial charge on any atom is 0.403 e. The van der Waals surface area contributed by atoms with Gasteiger partial charge < -0.3 is 4.74 Å². The molecule has 0 aromatic heterocycles. The van der Waals surface area contributed by atoms with Gasteiger partial charge in [0, 0.05) is 17.5 Å². The Bertz CT molecular complexity index is 662. The van der Waals surface area contributed by atoms with Crippen LogP contribution in [0.5, 0.6) is 0 Å². The van der Waals surface area contributed by atoms with Crippen LogP contribution in [-0.2, 0) is 4.74 Å². The molecular formula is C17H13ClO2. The molecule has 3 heteroatoms. The van der Waals surface area contributed by atoms with Gasteiger partial charge in [0.15, 0.2) is 0 Å². The van der Waals surface area contributed by atoms with E-state index in [1.165, 1.54) is 11.1 Å². The minimum absolute atomic E-state index is 0.0382. The number of hydrogen-bond acceptors (Lipinski definition) is 2. The third-order valence-corrected chi connectivity index (χ3v) is 3.64. The average molecular weight is 285 g/mol. The minimum Gasteiger partial charge on any atom is -0.453 e. The van der Waals surface area contributed by atoms with Crippen molar-refractivity contribution in [3.63, 3.8) is 0 Å². The molecule has 0 heterocycles. The van der Waals surface area contributed by atoms with Gasteiger partial charge in [-0.15, -0.1) is 0 Å². The molecule has 100 valence electrons. The highest BCUT2D eigenvalue weighted by Crippen LogP contribution is 2.41. The van der Waals surface area contributed by atoms with Gasteiger partial charge in [0.2, 0.25) is 0 Å². The van der Waals surface area contributed by atoms with Crippen LogP contribution in [0.4, 0.5) is 4.79 Å². The van der Waals surface area contributed by atoms with Crippen LogP contribution < -0.4 is 0 Å². The number of benzene rings is 2. The van der Waals surface area contributed by atoms with E-state index in [1.807, 2.05) is 30.3 Å². The van der Waals surface area contributed by atoms with Crippen molar-refractivity contribution in [1.82, 2.24) is 0 Å². The van der Waals surface area contributed by atoms with Crippen molar-refractivity contribution in [2.45, 2.75) is 5.92 Å². The quantitative estimate of drug-likeness (QED) is 0.764. The molecule has 0 saturated carbocycles. The standard InChI is InChI=1S/C17H13ClO2/c18-17(19)20-11-16-14-9-5-4-8-13(14)10-15(16)12-6-2-1-3-7-12/h1-10,16H,11H2. The molecular weight excluding hydrogens is 272 g/mol. The summed E-state index contributed by atoms with van der Waals surface area (Å²) in [5.74, 6) is 0.0382. The molecule has 1 unspecified atom stereocenters. The topological polar surface area (TPSA) is 26.3 Å². The van der Waals surface area contributed by atoms with Crippen LogP contribution >= 0.6 is 11.6 Å². The molecule has 0 aliphatic heterocycles. The zero-order chi connectivity index (χ0) is 13.9. The van der Waals surface area contributed by atoms with Crippen molar-refractivity contribution in [3.8, 4) is 0 Å². The van der Waals surface area contributed by atoms with E-state index >= 15 is 0 Å². The molecule has 2 aromatic carbocycles. The first-order valence-electron chi connectivity index (χ1n) is 6.44. The normalized spacial score (nSPS) is 16.4. The number of hydrogen-bond donors (Lipinski definition) is 0. The molecule has 0 amide bonds. The molecule has 0 N–H and O–H groups in total. The van der Waals surface area contributed by atoms with Crippen molar-refractivity contribution < 1.29 is 9.53 Å². The number of fused-ring (bicyclic) bond motifs is 1. The lowest BCUT2D eigenvalue weighted by Crippen LogP contribution is -2.09. The zero-order valence-corrected chi connectivity index (χ0v) is 11.5. The lowest BCUT2D eigenvalue weighted by Gasteiger charge is -2.16. The van der Waals surface area contributed by atoms with Crippen molar-refractivity contribution >= 4 is 28.7 Å². The first-order chi connectivity index (χ1) is 9.75. The molecule has 3 rings (SSSR count). The molecule has 1 aliphatic carbocycles. The predicted octanol–water partition coefficient (Wildman–Crippen LogP) is 4.70. The van der Waals surface area contributed by atoms with Crippen LogP contribution in [-0.4, -0.2) is 12.0 Å². The van der Waals surface area contributed by atoms with Gasteiger partial charge in [0.05, 0.1) is 0 Å². The van der Waals surface area contributed by atoms with E-state index in [0.29, 0.717) is 0 Å². The largest absolute Gasteiger partial charge is 0.453 e. The molecule has 2 aromatic rings. The van der Waals surface area contributed by atoms with Crippen molar-refractivity contribution in [1.29, 1.82) is 0 Å². The van der Waals surface area contributed by atoms with Crippen LogP contribution in [0, 0.1) is 0 Å². The Labute approximate surface area is 122 Å². The van der Waals surface area contributed by atoms with Crippen molar-refractivity contribution in [3.05, 3.63) is 71.3 Å². The molecule has 20 heavy (non-hydrogen) atoms. The Morgan fingerprint density at radius 2 is 1.75 bits per heavy atom. The van der Waals surface area contributed by atoms with E-state index in [2.05, 4.69) is 30.3 Å². The first kappa shape index (κ1) is 12.9. The Balaban J connectivity index is 1.98. The fourth-order valence-corrected chi connectivity index (χ4v) is 2.70. The van der Waals surface area contributed by atoms with Gasteiger partial charge in [0.1, 0.15) is 6.61 Å².